The van der Waals surface area contributed by atoms with E-state index >= 15 is 0 Å². The van der Waals surface area contributed by atoms with Crippen LogP contribution >= 0.6 is 0 Å². The van der Waals surface area contributed by atoms with Gasteiger partial charge in [0.2, 0.25) is 0 Å². The molecular weight excluding hydrogens is 220 g/mol. The summed E-state index contributed by atoms with van der Waals surface area (Å²) < 4.78 is 0. The highest BCUT2D eigenvalue weighted by Crippen LogP contribution is 2.17. The van der Waals surface area contributed by atoms with E-state index in [1.807, 2.05) is 24.4 Å². The Morgan fingerprint density at radius 3 is 2.67 bits per heavy atom. The first-order chi connectivity index (χ1) is 8.79. The molecule has 0 aliphatic heterocycles. The van der Waals surface area contributed by atoms with Crippen LogP contribution in [0.5, 0.6) is 0 Å². The van der Waals surface area contributed by atoms with E-state index in [1.165, 1.54) is 30.5 Å². The third kappa shape index (κ3) is 3.39. The molecular formula is C16H20N2. The second-order valence-corrected chi connectivity index (χ2v) is 4.69. The monoisotopic (exact) mass is 240 g/mol. The van der Waals surface area contributed by atoms with Gasteiger partial charge < -0.3 is 0 Å². The maximum absolute atomic E-state index is 4.71. The lowest BCUT2D eigenvalue weighted by Crippen LogP contribution is -1.95. The summed E-state index contributed by atoms with van der Waals surface area (Å²) >= 11 is 0. The van der Waals surface area contributed by atoms with Crippen LogP contribution in [0.4, 0.5) is 0 Å². The van der Waals surface area contributed by atoms with Crippen molar-refractivity contribution >= 4 is 0 Å². The third-order valence-corrected chi connectivity index (χ3v) is 2.99. The van der Waals surface area contributed by atoms with Crippen LogP contribution in [0.2, 0.25) is 0 Å². The lowest BCUT2D eigenvalue weighted by Gasteiger charge is -2.06. The molecule has 2 heterocycles. The maximum atomic E-state index is 4.71. The highest BCUT2D eigenvalue weighted by Gasteiger charge is 2.04. The van der Waals surface area contributed by atoms with E-state index in [4.69, 9.17) is 4.98 Å². The fourth-order valence-corrected chi connectivity index (χ4v) is 2.07. The van der Waals surface area contributed by atoms with Crippen molar-refractivity contribution in [3.63, 3.8) is 0 Å². The summed E-state index contributed by atoms with van der Waals surface area (Å²) in [5.74, 6) is 0. The first kappa shape index (κ1) is 12.7. The van der Waals surface area contributed by atoms with Gasteiger partial charge in [0.25, 0.3) is 0 Å². The summed E-state index contributed by atoms with van der Waals surface area (Å²) in [6.45, 7) is 4.35. The first-order valence-corrected chi connectivity index (χ1v) is 6.68. The van der Waals surface area contributed by atoms with Crippen molar-refractivity contribution in [1.82, 2.24) is 9.97 Å². The molecule has 0 N–H and O–H groups in total. The predicted molar refractivity (Wildman–Crippen MR) is 75.4 cm³/mol. The molecule has 94 valence electrons. The Bertz CT molecular complexity index is 492. The Labute approximate surface area is 109 Å². The minimum atomic E-state index is 0.956. The number of aromatic nitrogens is 2. The van der Waals surface area contributed by atoms with Crippen molar-refractivity contribution in [3.05, 3.63) is 47.8 Å². The average Bonchev–Trinajstić information content (AvgIpc) is 2.39. The molecule has 0 unspecified atom stereocenters. The molecule has 0 saturated heterocycles. The van der Waals surface area contributed by atoms with Gasteiger partial charge in [0, 0.05) is 11.9 Å². The van der Waals surface area contributed by atoms with Crippen molar-refractivity contribution in [2.24, 2.45) is 0 Å². The molecule has 2 aromatic rings. The SMILES string of the molecule is CCCCCc1cc(C)cc(-c2ccccn2)n1. The zero-order valence-electron chi connectivity index (χ0n) is 11.2. The normalized spacial score (nSPS) is 10.6. The number of unbranched alkanes of at least 4 members (excludes halogenated alkanes) is 2. The summed E-state index contributed by atoms with van der Waals surface area (Å²) in [4.78, 5) is 9.08. The Morgan fingerprint density at radius 1 is 1.06 bits per heavy atom. The number of aryl methyl sites for hydroxylation is 2. The minimum absolute atomic E-state index is 0.956. The van der Waals surface area contributed by atoms with Gasteiger partial charge in [-0.15, -0.1) is 0 Å². The lowest BCUT2D eigenvalue weighted by atomic mass is 10.1. The van der Waals surface area contributed by atoms with Crippen LogP contribution < -0.4 is 0 Å². The van der Waals surface area contributed by atoms with Gasteiger partial charge in [0.1, 0.15) is 0 Å². The van der Waals surface area contributed by atoms with Gasteiger partial charge in [-0.05, 0) is 49.6 Å². The van der Waals surface area contributed by atoms with Gasteiger partial charge in [-0.1, -0.05) is 25.8 Å². The van der Waals surface area contributed by atoms with E-state index in [0.29, 0.717) is 0 Å². The Hall–Kier alpha value is -1.70. The highest BCUT2D eigenvalue weighted by molar-refractivity contribution is 5.54. The van der Waals surface area contributed by atoms with Crippen LogP contribution in [0.1, 0.15) is 37.4 Å². The topological polar surface area (TPSA) is 25.8 Å². The van der Waals surface area contributed by atoms with Crippen molar-refractivity contribution in [3.8, 4) is 11.4 Å². The van der Waals surface area contributed by atoms with Gasteiger partial charge in [0.15, 0.2) is 0 Å². The quantitative estimate of drug-likeness (QED) is 0.732. The number of hydrogen-bond acceptors (Lipinski definition) is 2. The van der Waals surface area contributed by atoms with E-state index in [0.717, 1.165) is 17.8 Å². The van der Waals surface area contributed by atoms with Crippen LogP contribution in [0.25, 0.3) is 11.4 Å². The first-order valence-electron chi connectivity index (χ1n) is 6.68. The zero-order chi connectivity index (χ0) is 12.8. The molecule has 18 heavy (non-hydrogen) atoms. The molecule has 0 spiro atoms. The van der Waals surface area contributed by atoms with Gasteiger partial charge in [-0.2, -0.15) is 0 Å². The Kier molecular flexibility index (Phi) is 4.46. The third-order valence-electron chi connectivity index (χ3n) is 2.99. The fraction of sp³-hybridized carbons (Fsp3) is 0.375. The smallest absolute Gasteiger partial charge is 0.0892 e. The molecule has 0 aliphatic carbocycles. The van der Waals surface area contributed by atoms with Gasteiger partial charge >= 0.3 is 0 Å². The fourth-order valence-electron chi connectivity index (χ4n) is 2.07. The summed E-state index contributed by atoms with van der Waals surface area (Å²) in [6.07, 6.45) is 6.62. The zero-order valence-corrected chi connectivity index (χ0v) is 11.2. The molecule has 2 nitrogen and oxygen atoms in total. The van der Waals surface area contributed by atoms with Crippen LogP contribution in [0, 0.1) is 6.92 Å². The number of pyridine rings is 2. The molecule has 0 bridgehead atoms. The van der Waals surface area contributed by atoms with Crippen LogP contribution in [-0.2, 0) is 6.42 Å². The molecule has 0 amide bonds. The van der Waals surface area contributed by atoms with Crippen molar-refractivity contribution in [1.29, 1.82) is 0 Å². The lowest BCUT2D eigenvalue weighted by molar-refractivity contribution is 0.707. The second kappa shape index (κ2) is 6.29. The Balaban J connectivity index is 2.21. The number of nitrogens with zero attached hydrogens (tertiary/aromatic N) is 2. The van der Waals surface area contributed by atoms with E-state index in [1.54, 1.807) is 0 Å². The summed E-state index contributed by atoms with van der Waals surface area (Å²) in [5.41, 5.74) is 4.39. The number of hydrogen-bond donors (Lipinski definition) is 0. The summed E-state index contributed by atoms with van der Waals surface area (Å²) in [5, 5.41) is 0. The van der Waals surface area contributed by atoms with Crippen LogP contribution in [0.15, 0.2) is 36.5 Å². The van der Waals surface area contributed by atoms with Gasteiger partial charge in [0.05, 0.1) is 11.4 Å². The van der Waals surface area contributed by atoms with Crippen molar-refractivity contribution < 1.29 is 0 Å². The van der Waals surface area contributed by atoms with Crippen LogP contribution in [-0.4, -0.2) is 9.97 Å². The molecule has 2 rings (SSSR count). The molecule has 2 heteroatoms. The molecule has 2 aromatic heterocycles. The molecule has 0 aromatic carbocycles. The summed E-state index contributed by atoms with van der Waals surface area (Å²) in [6, 6.07) is 10.2. The standard InChI is InChI=1S/C16H20N2/c1-3-4-5-8-14-11-13(2)12-16(18-14)15-9-6-7-10-17-15/h6-7,9-12H,3-5,8H2,1-2H3. The van der Waals surface area contributed by atoms with E-state index in [2.05, 4.69) is 31.0 Å². The molecule has 0 fully saturated rings. The molecule has 0 aliphatic rings. The second-order valence-electron chi connectivity index (χ2n) is 4.69. The largest absolute Gasteiger partial charge is 0.255 e. The highest BCUT2D eigenvalue weighted by atomic mass is 14.8. The van der Waals surface area contributed by atoms with Gasteiger partial charge in [-0.3, -0.25) is 9.97 Å². The van der Waals surface area contributed by atoms with E-state index in [-0.39, 0.29) is 0 Å². The van der Waals surface area contributed by atoms with Crippen LogP contribution in [0.3, 0.4) is 0 Å². The predicted octanol–water partition coefficient (Wildman–Crippen LogP) is 4.18. The summed E-state index contributed by atoms with van der Waals surface area (Å²) in [7, 11) is 0. The van der Waals surface area contributed by atoms with Crippen molar-refractivity contribution in [2.45, 2.75) is 39.5 Å². The number of rotatable bonds is 5. The average molecular weight is 240 g/mol. The van der Waals surface area contributed by atoms with E-state index < -0.39 is 0 Å². The molecule has 0 atom stereocenters. The van der Waals surface area contributed by atoms with E-state index in [9.17, 15) is 0 Å². The van der Waals surface area contributed by atoms with Crippen molar-refractivity contribution in [2.75, 3.05) is 0 Å². The molecule has 0 radical (unpaired) electrons. The maximum Gasteiger partial charge on any atom is 0.0892 e. The minimum Gasteiger partial charge on any atom is -0.255 e. The Morgan fingerprint density at radius 2 is 1.94 bits per heavy atom. The van der Waals surface area contributed by atoms with Gasteiger partial charge in [-0.25, -0.2) is 0 Å². The molecule has 0 saturated carbocycles.